The predicted molar refractivity (Wildman–Crippen MR) is 54.3 cm³/mol. The van der Waals surface area contributed by atoms with Gasteiger partial charge in [0.2, 0.25) is 4.90 Å². The Morgan fingerprint density at radius 1 is 1.17 bits per heavy atom. The third kappa shape index (κ3) is 3.23. The number of nitro groups is 2. The summed E-state index contributed by atoms with van der Waals surface area (Å²) < 4.78 is 30.8. The van der Waals surface area contributed by atoms with Gasteiger partial charge in [-0.05, 0) is 13.0 Å². The van der Waals surface area contributed by atoms with Crippen molar-refractivity contribution in [3.05, 3.63) is 37.9 Å². The van der Waals surface area contributed by atoms with Gasteiger partial charge >= 0.3 is 39.7 Å². The van der Waals surface area contributed by atoms with Crippen LogP contribution in [0.25, 0.3) is 0 Å². The van der Waals surface area contributed by atoms with E-state index in [-0.39, 0.29) is 35.1 Å². The van der Waals surface area contributed by atoms with E-state index in [0.29, 0.717) is 0 Å². The van der Waals surface area contributed by atoms with Crippen molar-refractivity contribution in [3.63, 3.8) is 0 Å². The van der Waals surface area contributed by atoms with Crippen molar-refractivity contribution < 1.29 is 52.4 Å². The minimum absolute atomic E-state index is 0. The molecule has 0 heterocycles. The van der Waals surface area contributed by atoms with E-state index >= 15 is 0 Å². The van der Waals surface area contributed by atoms with Crippen LogP contribution in [-0.2, 0) is 10.1 Å². The van der Waals surface area contributed by atoms with Gasteiger partial charge in [-0.2, -0.15) is 8.42 Å². The SMILES string of the molecule is Cc1ccc([N+](=O)[O-])c(S(=O)(=O)O)c1[N+](=O)[O-].[Na+]. The summed E-state index contributed by atoms with van der Waals surface area (Å²) in [5.41, 5.74) is -2.14. The molecule has 0 atom stereocenters. The molecule has 0 saturated carbocycles. The Morgan fingerprint density at radius 2 is 1.67 bits per heavy atom. The van der Waals surface area contributed by atoms with Crippen molar-refractivity contribution in [2.45, 2.75) is 11.8 Å². The van der Waals surface area contributed by atoms with Crippen molar-refractivity contribution in [3.8, 4) is 0 Å². The second-order valence-electron chi connectivity index (χ2n) is 3.07. The first-order valence-corrected chi connectivity index (χ1v) is 5.50. The minimum Gasteiger partial charge on any atom is -0.281 e. The van der Waals surface area contributed by atoms with E-state index in [1.165, 1.54) is 6.92 Å². The molecule has 0 spiro atoms. The Labute approximate surface area is 123 Å². The van der Waals surface area contributed by atoms with Crippen LogP contribution in [0.2, 0.25) is 0 Å². The van der Waals surface area contributed by atoms with Crippen LogP contribution in [0, 0.1) is 27.2 Å². The van der Waals surface area contributed by atoms with Gasteiger partial charge in [0.15, 0.2) is 0 Å². The third-order valence-electron chi connectivity index (χ3n) is 1.95. The molecule has 9 nitrogen and oxygen atoms in total. The number of hydrogen-bond donors (Lipinski definition) is 1. The van der Waals surface area contributed by atoms with Crippen LogP contribution in [-0.4, -0.2) is 22.8 Å². The Bertz CT molecular complexity index is 612. The average molecular weight is 285 g/mol. The van der Waals surface area contributed by atoms with Gasteiger partial charge in [0.05, 0.1) is 9.85 Å². The molecule has 1 aromatic rings. The second-order valence-corrected chi connectivity index (χ2v) is 4.43. The first-order chi connectivity index (χ1) is 7.66. The fourth-order valence-electron chi connectivity index (χ4n) is 1.28. The molecule has 0 saturated heterocycles. The first kappa shape index (κ1) is 16.9. The zero-order valence-electron chi connectivity index (χ0n) is 9.35. The number of rotatable bonds is 3. The molecule has 0 aromatic heterocycles. The molecule has 11 heteroatoms. The van der Waals surface area contributed by atoms with E-state index in [4.69, 9.17) is 4.55 Å². The average Bonchev–Trinajstić information content (AvgIpc) is 2.14. The maximum Gasteiger partial charge on any atom is 1.00 e. The molecule has 1 N–H and O–H groups in total. The van der Waals surface area contributed by atoms with Crippen LogP contribution in [0.1, 0.15) is 5.56 Å². The molecule has 0 unspecified atom stereocenters. The number of nitro benzene ring substituents is 2. The summed E-state index contributed by atoms with van der Waals surface area (Å²) in [6.07, 6.45) is 0. The summed E-state index contributed by atoms with van der Waals surface area (Å²) in [6, 6.07) is 1.82. The summed E-state index contributed by atoms with van der Waals surface area (Å²) in [4.78, 5) is 17.7. The van der Waals surface area contributed by atoms with Gasteiger partial charge in [0, 0.05) is 11.6 Å². The summed E-state index contributed by atoms with van der Waals surface area (Å²) in [6.45, 7) is 1.20. The van der Waals surface area contributed by atoms with Crippen molar-refractivity contribution in [1.82, 2.24) is 0 Å². The molecule has 0 aliphatic heterocycles. The Balaban J connectivity index is 0.00000289. The van der Waals surface area contributed by atoms with Gasteiger partial charge in [-0.3, -0.25) is 24.8 Å². The van der Waals surface area contributed by atoms with Crippen molar-refractivity contribution >= 4 is 21.5 Å². The monoisotopic (exact) mass is 285 g/mol. The molecule has 0 aliphatic rings. The number of hydrogen-bond acceptors (Lipinski definition) is 6. The van der Waals surface area contributed by atoms with Crippen LogP contribution < -0.4 is 29.6 Å². The van der Waals surface area contributed by atoms with E-state index in [9.17, 15) is 28.6 Å². The molecule has 18 heavy (non-hydrogen) atoms. The standard InChI is InChI=1S/C7H6N2O7S.Na/c1-4-2-3-5(8(10)11)7(17(14,15)16)6(4)9(12)13;/h2-3H,1H3,(H,14,15,16);/q;+1. The minimum atomic E-state index is -5.06. The maximum absolute atomic E-state index is 11.0. The fraction of sp³-hybridized carbons (Fsp3) is 0.143. The predicted octanol–water partition coefficient (Wildman–Crippen LogP) is -1.94. The molecule has 1 rings (SSSR count). The van der Waals surface area contributed by atoms with Gasteiger partial charge in [-0.15, -0.1) is 0 Å². The van der Waals surface area contributed by atoms with Crippen LogP contribution in [0.15, 0.2) is 17.0 Å². The summed E-state index contributed by atoms with van der Waals surface area (Å²) >= 11 is 0. The molecule has 0 amide bonds. The van der Waals surface area contributed by atoms with Crippen LogP contribution >= 0.6 is 0 Å². The molecule has 1 aromatic carbocycles. The molecule has 0 bridgehead atoms. The molecule has 92 valence electrons. The maximum atomic E-state index is 11.0. The van der Waals surface area contributed by atoms with Gasteiger partial charge in [-0.25, -0.2) is 0 Å². The van der Waals surface area contributed by atoms with Gasteiger partial charge < -0.3 is 0 Å². The van der Waals surface area contributed by atoms with E-state index < -0.39 is 36.2 Å². The number of benzene rings is 1. The number of aryl methyl sites for hydroxylation is 1. The van der Waals surface area contributed by atoms with Crippen LogP contribution in [0.5, 0.6) is 0 Å². The quantitative estimate of drug-likeness (QED) is 0.295. The molecule has 0 aliphatic carbocycles. The van der Waals surface area contributed by atoms with E-state index in [1.54, 1.807) is 0 Å². The molecular weight excluding hydrogens is 279 g/mol. The smallest absolute Gasteiger partial charge is 0.281 e. The summed E-state index contributed by atoms with van der Waals surface area (Å²) in [5.74, 6) is 0. The molecule has 0 fully saturated rings. The van der Waals surface area contributed by atoms with Crippen molar-refractivity contribution in [2.75, 3.05) is 0 Å². The van der Waals surface area contributed by atoms with Crippen molar-refractivity contribution in [2.24, 2.45) is 0 Å². The normalized spacial score (nSPS) is 10.6. The third-order valence-corrected chi connectivity index (χ3v) is 2.87. The number of nitrogens with zero attached hydrogens (tertiary/aromatic N) is 2. The Hall–Kier alpha value is -1.07. The summed E-state index contributed by atoms with van der Waals surface area (Å²) in [5, 5.41) is 21.2. The van der Waals surface area contributed by atoms with Gasteiger partial charge in [0.25, 0.3) is 11.4 Å². The Morgan fingerprint density at radius 3 is 2.00 bits per heavy atom. The zero-order chi connectivity index (χ0) is 13.4. The zero-order valence-corrected chi connectivity index (χ0v) is 12.2. The van der Waals surface area contributed by atoms with E-state index in [0.717, 1.165) is 12.1 Å². The van der Waals surface area contributed by atoms with E-state index in [1.807, 2.05) is 0 Å². The Kier molecular flexibility index (Phi) is 5.37. The topological polar surface area (TPSA) is 141 Å². The largest absolute Gasteiger partial charge is 1.00 e. The second kappa shape index (κ2) is 5.71. The summed E-state index contributed by atoms with van der Waals surface area (Å²) in [7, 11) is -5.06. The molecular formula is C7H6N2NaO7S+. The first-order valence-electron chi connectivity index (χ1n) is 4.06. The fourth-order valence-corrected chi connectivity index (χ4v) is 2.17. The van der Waals surface area contributed by atoms with Crippen LogP contribution in [0.4, 0.5) is 11.4 Å². The molecule has 0 radical (unpaired) electrons. The van der Waals surface area contributed by atoms with E-state index in [2.05, 4.69) is 0 Å². The van der Waals surface area contributed by atoms with Gasteiger partial charge in [-0.1, -0.05) is 0 Å². The van der Waals surface area contributed by atoms with Crippen molar-refractivity contribution in [1.29, 1.82) is 0 Å². The van der Waals surface area contributed by atoms with Crippen LogP contribution in [0.3, 0.4) is 0 Å². The van der Waals surface area contributed by atoms with Gasteiger partial charge in [0.1, 0.15) is 0 Å².